The van der Waals surface area contributed by atoms with Gasteiger partial charge in [0.1, 0.15) is 0 Å². The summed E-state index contributed by atoms with van der Waals surface area (Å²) < 4.78 is 0. The second-order valence-corrected chi connectivity index (χ2v) is 8.46. The van der Waals surface area contributed by atoms with Crippen LogP contribution in [0.25, 0.3) is 0 Å². The van der Waals surface area contributed by atoms with Crippen LogP contribution in [0.1, 0.15) is 42.6 Å². The second kappa shape index (κ2) is 10.8. The Bertz CT molecular complexity index is 941. The number of likely N-dealkylation sites (tertiary alicyclic amines) is 1. The zero-order valence-corrected chi connectivity index (χ0v) is 18.6. The van der Waals surface area contributed by atoms with E-state index >= 15 is 0 Å². The Hall–Kier alpha value is -3.39. The lowest BCUT2D eigenvalue weighted by atomic mass is 9.97. The van der Waals surface area contributed by atoms with E-state index in [2.05, 4.69) is 20.9 Å². The summed E-state index contributed by atoms with van der Waals surface area (Å²) in [5.41, 5.74) is 8.38. The number of nitrogens with two attached hydrogens (primary N) is 1. The van der Waals surface area contributed by atoms with Gasteiger partial charge in [0.25, 0.3) is 5.91 Å². The van der Waals surface area contributed by atoms with Gasteiger partial charge in [0.15, 0.2) is 0 Å². The van der Waals surface area contributed by atoms with E-state index in [9.17, 15) is 14.4 Å². The third-order valence-electron chi connectivity index (χ3n) is 5.35. The molecule has 8 heteroatoms. The van der Waals surface area contributed by atoms with E-state index in [4.69, 9.17) is 5.73 Å². The van der Waals surface area contributed by atoms with Crippen LogP contribution in [-0.2, 0) is 11.3 Å². The minimum absolute atomic E-state index is 0.0401. The molecule has 1 aliphatic heterocycles. The number of nitrogens with zero attached hydrogens (tertiary/aromatic N) is 1. The maximum Gasteiger partial charge on any atom is 0.319 e. The quantitative estimate of drug-likeness (QED) is 0.532. The molecule has 0 aliphatic carbocycles. The van der Waals surface area contributed by atoms with Crippen molar-refractivity contribution >= 4 is 29.2 Å². The average molecular weight is 438 g/mol. The van der Waals surface area contributed by atoms with E-state index in [-0.39, 0.29) is 29.8 Å². The number of rotatable bonds is 7. The van der Waals surface area contributed by atoms with Gasteiger partial charge in [-0.05, 0) is 75.2 Å². The summed E-state index contributed by atoms with van der Waals surface area (Å²) in [6, 6.07) is 14.2. The van der Waals surface area contributed by atoms with Crippen LogP contribution in [0, 0.1) is 5.92 Å². The number of nitrogens with one attached hydrogen (secondary N) is 3. The minimum atomic E-state index is -0.285. The van der Waals surface area contributed by atoms with Crippen molar-refractivity contribution < 1.29 is 14.4 Å². The molecule has 0 saturated carbocycles. The summed E-state index contributed by atoms with van der Waals surface area (Å²) in [5, 5.41) is 8.36. The molecule has 4 amide bonds. The van der Waals surface area contributed by atoms with E-state index in [1.165, 1.54) is 0 Å². The smallest absolute Gasteiger partial charge is 0.319 e. The summed E-state index contributed by atoms with van der Waals surface area (Å²) >= 11 is 0. The number of benzene rings is 2. The Morgan fingerprint density at radius 2 is 1.62 bits per heavy atom. The highest BCUT2D eigenvalue weighted by atomic mass is 16.2. The predicted octanol–water partition coefficient (Wildman–Crippen LogP) is 3.17. The van der Waals surface area contributed by atoms with Gasteiger partial charge in [0.05, 0.1) is 5.92 Å². The predicted molar refractivity (Wildman–Crippen MR) is 125 cm³/mol. The Morgan fingerprint density at radius 1 is 1.00 bits per heavy atom. The van der Waals surface area contributed by atoms with Crippen molar-refractivity contribution in [2.45, 2.75) is 39.3 Å². The number of anilines is 2. The molecular formula is C24H31N5O3. The maximum absolute atomic E-state index is 12.5. The number of urea groups is 1. The molecule has 1 unspecified atom stereocenters. The molecule has 0 aromatic heterocycles. The summed E-state index contributed by atoms with van der Waals surface area (Å²) in [7, 11) is 0. The van der Waals surface area contributed by atoms with Gasteiger partial charge in [0.2, 0.25) is 5.91 Å². The van der Waals surface area contributed by atoms with Crippen LogP contribution in [-0.4, -0.2) is 41.9 Å². The highest BCUT2D eigenvalue weighted by molar-refractivity contribution is 6.04. The molecule has 170 valence electrons. The zero-order chi connectivity index (χ0) is 23.1. The molecule has 0 bridgehead atoms. The summed E-state index contributed by atoms with van der Waals surface area (Å²) in [5.74, 6) is -0.528. The van der Waals surface area contributed by atoms with E-state index in [1.54, 1.807) is 24.3 Å². The first-order chi connectivity index (χ1) is 15.3. The van der Waals surface area contributed by atoms with Gasteiger partial charge in [-0.25, -0.2) is 4.79 Å². The summed E-state index contributed by atoms with van der Waals surface area (Å²) in [4.78, 5) is 38.0. The van der Waals surface area contributed by atoms with Crippen LogP contribution in [0.4, 0.5) is 16.2 Å². The molecule has 32 heavy (non-hydrogen) atoms. The lowest BCUT2D eigenvalue weighted by molar-refractivity contribution is -0.123. The lowest BCUT2D eigenvalue weighted by Crippen LogP contribution is -2.40. The van der Waals surface area contributed by atoms with Crippen LogP contribution >= 0.6 is 0 Å². The van der Waals surface area contributed by atoms with Gasteiger partial charge >= 0.3 is 6.03 Å². The van der Waals surface area contributed by atoms with Gasteiger partial charge in [-0.2, -0.15) is 0 Å². The molecule has 0 spiro atoms. The molecule has 3 rings (SSSR count). The molecule has 5 N–H and O–H groups in total. The molecule has 1 heterocycles. The van der Waals surface area contributed by atoms with Crippen molar-refractivity contribution in [1.82, 2.24) is 10.2 Å². The molecule has 0 radical (unpaired) electrons. The molecule has 8 nitrogen and oxygen atoms in total. The third kappa shape index (κ3) is 6.81. The molecular weight excluding hydrogens is 406 g/mol. The first-order valence-electron chi connectivity index (χ1n) is 10.9. The fourth-order valence-electron chi connectivity index (χ4n) is 3.72. The van der Waals surface area contributed by atoms with Crippen molar-refractivity contribution in [2.75, 3.05) is 23.7 Å². The third-order valence-corrected chi connectivity index (χ3v) is 5.35. The zero-order valence-electron chi connectivity index (χ0n) is 18.6. The van der Waals surface area contributed by atoms with E-state index in [0.717, 1.165) is 31.5 Å². The molecule has 2 aromatic rings. The Morgan fingerprint density at radius 3 is 2.25 bits per heavy atom. The van der Waals surface area contributed by atoms with Crippen LogP contribution in [0.5, 0.6) is 0 Å². The maximum atomic E-state index is 12.5. The standard InChI is InChI=1S/C24H31N5O3/c1-16(2)26-24(32)28-21-11-7-18(8-12-21)23(31)27-20-9-5-17(6-10-20)14-29-13-3-4-19(15-29)22(25)30/h5-12,16,19H,3-4,13-15H2,1-2H3,(H2,25,30)(H,27,31)(H2,26,28,32). The fraction of sp³-hybridized carbons (Fsp3) is 0.375. The first-order valence-corrected chi connectivity index (χ1v) is 10.9. The number of amides is 4. The first kappa shape index (κ1) is 23.3. The van der Waals surface area contributed by atoms with Crippen LogP contribution in [0.15, 0.2) is 48.5 Å². The Kier molecular flexibility index (Phi) is 7.83. The molecule has 1 saturated heterocycles. The number of carbonyl (C=O) groups excluding carboxylic acids is 3. The number of hydrogen-bond donors (Lipinski definition) is 4. The van der Waals surface area contributed by atoms with E-state index < -0.39 is 0 Å². The number of piperidine rings is 1. The Balaban J connectivity index is 1.52. The monoisotopic (exact) mass is 437 g/mol. The van der Waals surface area contributed by atoms with Crippen LogP contribution in [0.3, 0.4) is 0 Å². The van der Waals surface area contributed by atoms with Crippen molar-refractivity contribution in [1.29, 1.82) is 0 Å². The van der Waals surface area contributed by atoms with E-state index in [0.29, 0.717) is 23.5 Å². The summed E-state index contributed by atoms with van der Waals surface area (Å²) in [6.45, 7) is 6.15. The SMILES string of the molecule is CC(C)NC(=O)Nc1ccc(C(=O)Nc2ccc(CN3CCCC(C(N)=O)C3)cc2)cc1. The second-order valence-electron chi connectivity index (χ2n) is 8.46. The van der Waals surface area contributed by atoms with Crippen molar-refractivity contribution in [3.8, 4) is 0 Å². The topological polar surface area (TPSA) is 117 Å². The molecule has 1 atom stereocenters. The minimum Gasteiger partial charge on any atom is -0.369 e. The highest BCUT2D eigenvalue weighted by Crippen LogP contribution is 2.19. The number of hydrogen-bond acceptors (Lipinski definition) is 4. The van der Waals surface area contributed by atoms with Gasteiger partial charge in [0, 0.05) is 36.1 Å². The Labute approximate surface area is 188 Å². The summed E-state index contributed by atoms with van der Waals surface area (Å²) in [6.07, 6.45) is 1.83. The van der Waals surface area contributed by atoms with Gasteiger partial charge in [-0.15, -0.1) is 0 Å². The molecule has 2 aromatic carbocycles. The van der Waals surface area contributed by atoms with Gasteiger partial charge in [-0.1, -0.05) is 12.1 Å². The highest BCUT2D eigenvalue weighted by Gasteiger charge is 2.23. The largest absolute Gasteiger partial charge is 0.369 e. The van der Waals surface area contributed by atoms with Crippen LogP contribution in [0.2, 0.25) is 0 Å². The lowest BCUT2D eigenvalue weighted by Gasteiger charge is -2.31. The van der Waals surface area contributed by atoms with E-state index in [1.807, 2.05) is 38.1 Å². The molecule has 1 aliphatic rings. The van der Waals surface area contributed by atoms with Crippen molar-refractivity contribution in [3.63, 3.8) is 0 Å². The van der Waals surface area contributed by atoms with Gasteiger partial charge in [-0.3, -0.25) is 14.5 Å². The normalized spacial score (nSPS) is 16.4. The van der Waals surface area contributed by atoms with Crippen LogP contribution < -0.4 is 21.7 Å². The number of primary amides is 1. The number of carbonyl (C=O) groups is 3. The van der Waals surface area contributed by atoms with Crippen molar-refractivity contribution in [2.24, 2.45) is 11.7 Å². The average Bonchev–Trinajstić information content (AvgIpc) is 2.75. The van der Waals surface area contributed by atoms with Gasteiger partial charge < -0.3 is 21.7 Å². The fourth-order valence-corrected chi connectivity index (χ4v) is 3.72. The van der Waals surface area contributed by atoms with Crippen molar-refractivity contribution in [3.05, 3.63) is 59.7 Å². The molecule has 1 fully saturated rings.